The molecule has 0 unspecified atom stereocenters. The number of benzene rings is 1. The predicted octanol–water partition coefficient (Wildman–Crippen LogP) is 1.65. The average molecular weight is 312 g/mol. The van der Waals surface area contributed by atoms with Crippen LogP contribution in [0.15, 0.2) is 29.4 Å². The molecular weight excluding hydrogens is 292 g/mol. The lowest BCUT2D eigenvalue weighted by molar-refractivity contribution is -0.137. The first kappa shape index (κ1) is 16.5. The minimum Gasteiger partial charge on any atom is -0.361 e. The van der Waals surface area contributed by atoms with E-state index in [-0.39, 0.29) is 0 Å². The third-order valence-corrected chi connectivity index (χ3v) is 3.81. The van der Waals surface area contributed by atoms with Crippen LogP contribution in [-0.2, 0) is 9.59 Å². The van der Waals surface area contributed by atoms with E-state index in [1.807, 2.05) is 19.9 Å². The third kappa shape index (κ3) is 3.48. The lowest BCUT2D eigenvalue weighted by atomic mass is 10.1. The number of primary amides is 1. The highest BCUT2D eigenvalue weighted by molar-refractivity contribution is 6.34. The van der Waals surface area contributed by atoms with E-state index < -0.39 is 11.8 Å². The van der Waals surface area contributed by atoms with Crippen molar-refractivity contribution >= 4 is 18.0 Å². The zero-order valence-electron chi connectivity index (χ0n) is 13.7. The molecule has 1 aromatic carbocycles. The maximum absolute atomic E-state index is 11.1. The van der Waals surface area contributed by atoms with Gasteiger partial charge in [-0.1, -0.05) is 6.07 Å². The summed E-state index contributed by atoms with van der Waals surface area (Å²) in [6, 6.07) is 8.25. The summed E-state index contributed by atoms with van der Waals surface area (Å²) in [4.78, 5) is 21.7. The number of hydrazone groups is 1. The molecule has 0 saturated carbocycles. The van der Waals surface area contributed by atoms with Crippen molar-refractivity contribution in [3.63, 3.8) is 0 Å². The second-order valence-electron chi connectivity index (χ2n) is 5.49. The summed E-state index contributed by atoms with van der Waals surface area (Å²) in [5.74, 6) is -2.01. The van der Waals surface area contributed by atoms with Crippen LogP contribution in [0.3, 0.4) is 0 Å². The number of aryl methyl sites for hydroxylation is 3. The van der Waals surface area contributed by atoms with E-state index in [0.29, 0.717) is 0 Å². The van der Waals surface area contributed by atoms with Crippen molar-refractivity contribution in [2.75, 3.05) is 0 Å². The summed E-state index contributed by atoms with van der Waals surface area (Å²) in [7, 11) is 0. The minimum atomic E-state index is -1.07. The van der Waals surface area contributed by atoms with Crippen LogP contribution in [0.1, 0.15) is 28.1 Å². The summed E-state index contributed by atoms with van der Waals surface area (Å²) in [6.45, 7) is 8.13. The number of carbonyl (C=O) groups excluding carboxylic acids is 2. The van der Waals surface area contributed by atoms with E-state index in [0.717, 1.165) is 22.6 Å². The number of aromatic nitrogens is 1. The van der Waals surface area contributed by atoms with Crippen molar-refractivity contribution < 1.29 is 9.59 Å². The summed E-state index contributed by atoms with van der Waals surface area (Å²) >= 11 is 0. The van der Waals surface area contributed by atoms with Gasteiger partial charge in [0.1, 0.15) is 0 Å². The van der Waals surface area contributed by atoms with Gasteiger partial charge in [-0.3, -0.25) is 9.59 Å². The van der Waals surface area contributed by atoms with Gasteiger partial charge in [0.15, 0.2) is 0 Å². The van der Waals surface area contributed by atoms with Crippen LogP contribution in [0, 0.1) is 27.7 Å². The molecular formula is C17H20N4O2. The van der Waals surface area contributed by atoms with E-state index in [4.69, 9.17) is 5.73 Å². The SMILES string of the molecule is Cc1ccc(-n2c(C)cc(C=NNC(=O)C(N)=O)c2C)cc1C. The molecule has 6 nitrogen and oxygen atoms in total. The average Bonchev–Trinajstić information content (AvgIpc) is 2.76. The molecule has 0 aliphatic carbocycles. The van der Waals surface area contributed by atoms with Crippen LogP contribution in [0.5, 0.6) is 0 Å². The molecule has 0 radical (unpaired) electrons. The highest BCUT2D eigenvalue weighted by Gasteiger charge is 2.11. The Hall–Kier alpha value is -2.89. The summed E-state index contributed by atoms with van der Waals surface area (Å²) < 4.78 is 2.11. The molecule has 2 aromatic rings. The number of nitrogens with zero attached hydrogens (tertiary/aromatic N) is 2. The zero-order valence-corrected chi connectivity index (χ0v) is 13.7. The Morgan fingerprint density at radius 2 is 1.83 bits per heavy atom. The Morgan fingerprint density at radius 1 is 1.13 bits per heavy atom. The van der Waals surface area contributed by atoms with Gasteiger partial charge in [-0.2, -0.15) is 5.10 Å². The van der Waals surface area contributed by atoms with Gasteiger partial charge in [0.2, 0.25) is 0 Å². The highest BCUT2D eigenvalue weighted by atomic mass is 16.2. The van der Waals surface area contributed by atoms with Crippen molar-refractivity contribution in [1.82, 2.24) is 9.99 Å². The summed E-state index contributed by atoms with van der Waals surface area (Å²) in [6.07, 6.45) is 1.50. The second-order valence-corrected chi connectivity index (χ2v) is 5.49. The molecule has 120 valence electrons. The Labute approximate surface area is 135 Å². The molecule has 0 saturated heterocycles. The first-order valence-electron chi connectivity index (χ1n) is 7.20. The molecule has 0 spiro atoms. The maximum atomic E-state index is 11.1. The van der Waals surface area contributed by atoms with Crippen LogP contribution < -0.4 is 11.2 Å². The van der Waals surface area contributed by atoms with E-state index in [1.165, 1.54) is 17.3 Å². The van der Waals surface area contributed by atoms with E-state index in [2.05, 4.69) is 47.1 Å². The normalized spacial score (nSPS) is 11.0. The number of hydrogen-bond acceptors (Lipinski definition) is 3. The molecule has 23 heavy (non-hydrogen) atoms. The van der Waals surface area contributed by atoms with Gasteiger partial charge >= 0.3 is 11.8 Å². The molecule has 0 bridgehead atoms. The van der Waals surface area contributed by atoms with Crippen LogP contribution in [0.2, 0.25) is 0 Å². The van der Waals surface area contributed by atoms with Crippen LogP contribution in [0.4, 0.5) is 0 Å². The van der Waals surface area contributed by atoms with Gasteiger partial charge < -0.3 is 10.3 Å². The van der Waals surface area contributed by atoms with Crippen LogP contribution in [0.25, 0.3) is 5.69 Å². The van der Waals surface area contributed by atoms with Crippen molar-refractivity contribution in [2.24, 2.45) is 10.8 Å². The summed E-state index contributed by atoms with van der Waals surface area (Å²) in [5, 5.41) is 3.76. The Morgan fingerprint density at radius 3 is 2.43 bits per heavy atom. The van der Waals surface area contributed by atoms with Gasteiger partial charge in [-0.15, -0.1) is 0 Å². The van der Waals surface area contributed by atoms with Crippen LogP contribution >= 0.6 is 0 Å². The lowest BCUT2D eigenvalue weighted by Gasteiger charge is -2.11. The monoisotopic (exact) mass is 312 g/mol. The number of nitrogens with two attached hydrogens (primary N) is 1. The van der Waals surface area contributed by atoms with Gasteiger partial charge in [0.05, 0.1) is 6.21 Å². The Bertz CT molecular complexity index is 803. The molecule has 0 atom stereocenters. The molecule has 3 N–H and O–H groups in total. The second kappa shape index (κ2) is 6.48. The molecule has 2 amide bonds. The fourth-order valence-corrected chi connectivity index (χ4v) is 2.40. The summed E-state index contributed by atoms with van der Waals surface area (Å²) in [5.41, 5.74) is 13.4. The number of carbonyl (C=O) groups is 2. The minimum absolute atomic E-state index is 0.852. The quantitative estimate of drug-likeness (QED) is 0.512. The molecule has 1 aromatic heterocycles. The number of amides is 2. The predicted molar refractivity (Wildman–Crippen MR) is 89.6 cm³/mol. The molecule has 0 fully saturated rings. The Balaban J connectivity index is 2.32. The van der Waals surface area contributed by atoms with Crippen LogP contribution in [-0.4, -0.2) is 22.6 Å². The zero-order chi connectivity index (χ0) is 17.1. The number of nitrogens with one attached hydrogen (secondary N) is 1. The standard InChI is InChI=1S/C17H20N4O2/c1-10-5-6-15(7-11(10)2)21-12(3)8-14(13(21)4)9-19-20-17(23)16(18)22/h5-9H,1-4H3,(H2,18,22)(H,20,23). The van der Waals surface area contributed by atoms with Gasteiger partial charge in [0.25, 0.3) is 0 Å². The van der Waals surface area contributed by atoms with E-state index >= 15 is 0 Å². The molecule has 2 rings (SSSR count). The molecule has 1 heterocycles. The fraction of sp³-hybridized carbons (Fsp3) is 0.235. The first-order valence-corrected chi connectivity index (χ1v) is 7.20. The topological polar surface area (TPSA) is 89.5 Å². The van der Waals surface area contributed by atoms with Gasteiger partial charge in [-0.25, -0.2) is 5.43 Å². The third-order valence-electron chi connectivity index (χ3n) is 3.81. The van der Waals surface area contributed by atoms with Crippen molar-refractivity contribution in [3.05, 3.63) is 52.3 Å². The molecule has 6 heteroatoms. The smallest absolute Gasteiger partial charge is 0.329 e. The number of hydrogen-bond donors (Lipinski definition) is 2. The highest BCUT2D eigenvalue weighted by Crippen LogP contribution is 2.21. The Kier molecular flexibility index (Phi) is 4.64. The molecule has 0 aliphatic rings. The van der Waals surface area contributed by atoms with Gasteiger partial charge in [-0.05, 0) is 57.0 Å². The van der Waals surface area contributed by atoms with Crippen molar-refractivity contribution in [3.8, 4) is 5.69 Å². The number of rotatable bonds is 3. The molecule has 0 aliphatic heterocycles. The van der Waals surface area contributed by atoms with Gasteiger partial charge in [0, 0.05) is 22.6 Å². The largest absolute Gasteiger partial charge is 0.361 e. The van der Waals surface area contributed by atoms with E-state index in [9.17, 15) is 9.59 Å². The van der Waals surface area contributed by atoms with Crippen molar-refractivity contribution in [2.45, 2.75) is 27.7 Å². The van der Waals surface area contributed by atoms with Crippen molar-refractivity contribution in [1.29, 1.82) is 0 Å². The maximum Gasteiger partial charge on any atom is 0.329 e. The van der Waals surface area contributed by atoms with E-state index in [1.54, 1.807) is 0 Å². The first-order chi connectivity index (χ1) is 10.8. The fourth-order valence-electron chi connectivity index (χ4n) is 2.40. The lowest BCUT2D eigenvalue weighted by Crippen LogP contribution is -2.32.